The number of pyridine rings is 1. The number of benzene rings is 2. The Labute approximate surface area is 242 Å². The van der Waals surface area contributed by atoms with Gasteiger partial charge in [-0.2, -0.15) is 0 Å². The minimum Gasteiger partial charge on any atom is -0.379 e. The SMILES string of the molecule is CCC[C@H](C)S(=O)(=O)[C@](C)(CCn1ccc2cc(-c3ccc(CCN4CCOCC4)cc3)ccc2c1=O)C(=O)NO. The number of carbonyl (C=O) groups is 1. The molecule has 1 saturated heterocycles. The number of ether oxygens (including phenoxy) is 1. The van der Waals surface area contributed by atoms with Gasteiger partial charge in [0, 0.05) is 37.8 Å². The number of fused-ring (bicyclic) bond motifs is 1. The van der Waals surface area contributed by atoms with Crippen molar-refractivity contribution in [3.05, 3.63) is 70.6 Å². The number of aromatic nitrogens is 1. The predicted molar refractivity (Wildman–Crippen MR) is 161 cm³/mol. The molecule has 2 N–H and O–H groups in total. The first-order valence-corrected chi connectivity index (χ1v) is 15.9. The molecule has 1 aliphatic heterocycles. The fraction of sp³-hybridized carbons (Fsp3) is 0.484. The van der Waals surface area contributed by atoms with Crippen LogP contribution in [0.1, 0.15) is 45.6 Å². The lowest BCUT2D eigenvalue weighted by molar-refractivity contribution is -0.131. The molecule has 1 aromatic heterocycles. The molecule has 0 aliphatic carbocycles. The fourth-order valence-corrected chi connectivity index (χ4v) is 7.58. The Bertz CT molecular complexity index is 1510. The summed E-state index contributed by atoms with van der Waals surface area (Å²) >= 11 is 0. The molecule has 9 nitrogen and oxygen atoms in total. The van der Waals surface area contributed by atoms with Crippen LogP contribution in [-0.2, 0) is 32.3 Å². The number of sulfone groups is 1. The van der Waals surface area contributed by atoms with E-state index < -0.39 is 25.7 Å². The maximum absolute atomic E-state index is 13.3. The second-order valence-electron chi connectivity index (χ2n) is 11.1. The largest absolute Gasteiger partial charge is 0.379 e. The molecule has 41 heavy (non-hydrogen) atoms. The molecule has 222 valence electrons. The Morgan fingerprint density at radius 1 is 1.07 bits per heavy atom. The zero-order chi connectivity index (χ0) is 29.6. The van der Waals surface area contributed by atoms with Gasteiger partial charge in [-0.1, -0.05) is 43.7 Å². The van der Waals surface area contributed by atoms with E-state index in [1.54, 1.807) is 19.2 Å². The number of rotatable bonds is 12. The second kappa shape index (κ2) is 13.3. The topological polar surface area (TPSA) is 118 Å². The molecule has 1 amide bonds. The summed E-state index contributed by atoms with van der Waals surface area (Å²) in [6.07, 6.45) is 3.49. The van der Waals surface area contributed by atoms with Crippen molar-refractivity contribution in [2.75, 3.05) is 32.8 Å². The Morgan fingerprint density at radius 3 is 2.41 bits per heavy atom. The summed E-state index contributed by atoms with van der Waals surface area (Å²) in [5.74, 6) is -0.994. The molecule has 2 aromatic carbocycles. The summed E-state index contributed by atoms with van der Waals surface area (Å²) in [5.41, 5.74) is 4.59. The highest BCUT2D eigenvalue weighted by atomic mass is 32.2. The quantitative estimate of drug-likeness (QED) is 0.246. The number of hydroxylamine groups is 1. The standard InChI is InChI=1S/C31H41N3O6S/c1-4-5-23(2)41(38,39)31(3,30(36)32-37)14-17-34-16-13-27-22-26(10-11-28(27)29(34)35)25-8-6-24(7-9-25)12-15-33-18-20-40-21-19-33/h6-11,13,16,22-23,37H,4-5,12,14-15,17-21H2,1-3H3,(H,32,36)/t23-,31+/m0/s1. The van der Waals surface area contributed by atoms with E-state index in [9.17, 15) is 23.2 Å². The summed E-state index contributed by atoms with van der Waals surface area (Å²) in [6, 6.07) is 16.0. The van der Waals surface area contributed by atoms with E-state index in [0.29, 0.717) is 18.2 Å². The molecule has 1 aliphatic rings. The lowest BCUT2D eigenvalue weighted by Crippen LogP contribution is -2.53. The summed E-state index contributed by atoms with van der Waals surface area (Å²) in [5, 5.41) is 9.84. The van der Waals surface area contributed by atoms with Gasteiger partial charge in [0.15, 0.2) is 14.6 Å². The number of morpholine rings is 1. The molecule has 0 bridgehead atoms. The molecule has 3 aromatic rings. The number of hydrogen-bond donors (Lipinski definition) is 2. The molecule has 2 atom stereocenters. The Kier molecular flexibility index (Phi) is 10.0. The molecule has 0 radical (unpaired) electrons. The highest BCUT2D eigenvalue weighted by molar-refractivity contribution is 7.94. The average Bonchev–Trinajstić information content (AvgIpc) is 2.99. The zero-order valence-electron chi connectivity index (χ0n) is 24.1. The van der Waals surface area contributed by atoms with Crippen LogP contribution in [0, 0.1) is 0 Å². The normalized spacial score (nSPS) is 16.8. The predicted octanol–water partition coefficient (Wildman–Crippen LogP) is 3.80. The number of aryl methyl sites for hydroxylation is 1. The maximum atomic E-state index is 13.3. The molecule has 4 rings (SSSR count). The van der Waals surface area contributed by atoms with Crippen LogP contribution in [0.4, 0.5) is 0 Å². The third-order valence-electron chi connectivity index (χ3n) is 8.35. The van der Waals surface area contributed by atoms with Gasteiger partial charge in [0.05, 0.1) is 18.5 Å². The number of nitrogens with one attached hydrogen (secondary N) is 1. The van der Waals surface area contributed by atoms with Crippen molar-refractivity contribution >= 4 is 26.5 Å². The van der Waals surface area contributed by atoms with Gasteiger partial charge in [0.25, 0.3) is 11.5 Å². The number of hydrogen-bond acceptors (Lipinski definition) is 7. The molecule has 1 fully saturated rings. The van der Waals surface area contributed by atoms with Gasteiger partial charge in [-0.25, -0.2) is 13.9 Å². The van der Waals surface area contributed by atoms with Crippen LogP contribution >= 0.6 is 0 Å². The Hall–Kier alpha value is -3.05. The first-order valence-electron chi connectivity index (χ1n) is 14.3. The van der Waals surface area contributed by atoms with Gasteiger partial charge >= 0.3 is 0 Å². The minimum absolute atomic E-state index is 0.00440. The monoisotopic (exact) mass is 583 g/mol. The molecule has 10 heteroatoms. The molecular formula is C31H41N3O6S. The smallest absolute Gasteiger partial charge is 0.264 e. The van der Waals surface area contributed by atoms with Crippen LogP contribution in [0.3, 0.4) is 0 Å². The van der Waals surface area contributed by atoms with Crippen molar-refractivity contribution in [1.29, 1.82) is 0 Å². The van der Waals surface area contributed by atoms with E-state index in [0.717, 1.165) is 55.8 Å². The van der Waals surface area contributed by atoms with Crippen LogP contribution in [-0.4, -0.2) is 71.8 Å². The highest BCUT2D eigenvalue weighted by Crippen LogP contribution is 2.29. The van der Waals surface area contributed by atoms with E-state index in [-0.39, 0.29) is 18.5 Å². The van der Waals surface area contributed by atoms with E-state index in [1.165, 1.54) is 22.5 Å². The molecular weight excluding hydrogens is 542 g/mol. The van der Waals surface area contributed by atoms with Gasteiger partial charge < -0.3 is 9.30 Å². The van der Waals surface area contributed by atoms with Gasteiger partial charge in [-0.05, 0) is 73.4 Å². The highest BCUT2D eigenvalue weighted by Gasteiger charge is 2.48. The Morgan fingerprint density at radius 2 is 1.76 bits per heavy atom. The van der Waals surface area contributed by atoms with Gasteiger partial charge in [-0.3, -0.25) is 19.7 Å². The van der Waals surface area contributed by atoms with Gasteiger partial charge in [-0.15, -0.1) is 0 Å². The third kappa shape index (κ3) is 6.72. The third-order valence-corrected chi connectivity index (χ3v) is 11.3. The van der Waals surface area contributed by atoms with Gasteiger partial charge in [0.2, 0.25) is 0 Å². The van der Waals surface area contributed by atoms with Crippen molar-refractivity contribution in [1.82, 2.24) is 14.9 Å². The molecule has 0 spiro atoms. The van der Waals surface area contributed by atoms with Crippen LogP contribution in [0.25, 0.3) is 21.9 Å². The molecule has 0 saturated carbocycles. The van der Waals surface area contributed by atoms with Crippen LogP contribution in [0.2, 0.25) is 0 Å². The summed E-state index contributed by atoms with van der Waals surface area (Å²) in [4.78, 5) is 28.3. The summed E-state index contributed by atoms with van der Waals surface area (Å²) < 4.78 is 31.6. The minimum atomic E-state index is -3.94. The van der Waals surface area contributed by atoms with Crippen molar-refractivity contribution in [2.45, 2.75) is 63.0 Å². The number of carbonyl (C=O) groups excluding carboxylic acids is 1. The van der Waals surface area contributed by atoms with Crippen LogP contribution < -0.4 is 11.0 Å². The molecule has 2 heterocycles. The van der Waals surface area contributed by atoms with Crippen molar-refractivity contribution in [3.8, 4) is 11.1 Å². The lowest BCUT2D eigenvalue weighted by atomic mass is 10.00. The van der Waals surface area contributed by atoms with Crippen molar-refractivity contribution in [3.63, 3.8) is 0 Å². The molecule has 0 unspecified atom stereocenters. The zero-order valence-corrected chi connectivity index (χ0v) is 25.0. The van der Waals surface area contributed by atoms with Crippen LogP contribution in [0.15, 0.2) is 59.5 Å². The van der Waals surface area contributed by atoms with E-state index in [4.69, 9.17) is 4.74 Å². The fourth-order valence-electron chi connectivity index (χ4n) is 5.46. The first kappa shape index (κ1) is 30.9. The van der Waals surface area contributed by atoms with Gasteiger partial charge in [0.1, 0.15) is 0 Å². The van der Waals surface area contributed by atoms with E-state index in [1.807, 2.05) is 25.1 Å². The van der Waals surface area contributed by atoms with E-state index in [2.05, 4.69) is 29.2 Å². The lowest BCUT2D eigenvalue weighted by Gasteiger charge is -2.30. The van der Waals surface area contributed by atoms with E-state index >= 15 is 0 Å². The summed E-state index contributed by atoms with van der Waals surface area (Å²) in [6.45, 7) is 9.32. The number of amides is 1. The second-order valence-corrected chi connectivity index (χ2v) is 13.9. The Balaban J connectivity index is 1.50. The van der Waals surface area contributed by atoms with Crippen molar-refractivity contribution in [2.24, 2.45) is 0 Å². The number of nitrogens with zero attached hydrogens (tertiary/aromatic N) is 2. The average molecular weight is 584 g/mol. The summed E-state index contributed by atoms with van der Waals surface area (Å²) in [7, 11) is -3.94. The first-order chi connectivity index (χ1) is 19.6. The maximum Gasteiger partial charge on any atom is 0.264 e. The van der Waals surface area contributed by atoms with Crippen molar-refractivity contribution < 1.29 is 23.2 Å². The van der Waals surface area contributed by atoms with Crippen LogP contribution in [0.5, 0.6) is 0 Å².